The van der Waals surface area contributed by atoms with Crippen LogP contribution in [0.3, 0.4) is 0 Å². The number of hydrogen-bond donors (Lipinski definition) is 1. The highest BCUT2D eigenvalue weighted by Crippen LogP contribution is 2.36. The van der Waals surface area contributed by atoms with Gasteiger partial charge in [-0.05, 0) is 45.1 Å². The summed E-state index contributed by atoms with van der Waals surface area (Å²) in [6, 6.07) is -0.382. The van der Waals surface area contributed by atoms with Gasteiger partial charge < -0.3 is 15.0 Å². The lowest BCUT2D eigenvalue weighted by atomic mass is 9.75. The number of esters is 1. The van der Waals surface area contributed by atoms with Crippen LogP contribution in [0, 0.1) is 5.41 Å². The predicted molar refractivity (Wildman–Crippen MR) is 80.8 cm³/mol. The molecular formula is C16H28N2O3. The highest BCUT2D eigenvalue weighted by atomic mass is 16.5. The smallest absolute Gasteiger partial charge is 0.328 e. The van der Waals surface area contributed by atoms with E-state index in [1.165, 1.54) is 7.11 Å². The van der Waals surface area contributed by atoms with E-state index < -0.39 is 0 Å². The first kappa shape index (κ1) is 16.3. The lowest BCUT2D eigenvalue weighted by molar-refractivity contribution is -0.160. The van der Waals surface area contributed by atoms with Gasteiger partial charge in [-0.1, -0.05) is 13.3 Å². The fourth-order valence-electron chi connectivity index (χ4n) is 3.81. The van der Waals surface area contributed by atoms with E-state index in [9.17, 15) is 9.59 Å². The first-order valence-corrected chi connectivity index (χ1v) is 8.24. The molecule has 2 heterocycles. The number of hydrogen-bond acceptors (Lipinski definition) is 4. The molecule has 2 saturated heterocycles. The zero-order chi connectivity index (χ0) is 15.3. The molecular weight excluding hydrogens is 268 g/mol. The van der Waals surface area contributed by atoms with Gasteiger partial charge >= 0.3 is 5.97 Å². The third-order valence-corrected chi connectivity index (χ3v) is 4.89. The van der Waals surface area contributed by atoms with Crippen LogP contribution in [0.5, 0.6) is 0 Å². The van der Waals surface area contributed by atoms with Crippen molar-refractivity contribution in [1.29, 1.82) is 0 Å². The van der Waals surface area contributed by atoms with Crippen LogP contribution in [-0.4, -0.2) is 49.6 Å². The third kappa shape index (κ3) is 3.39. The molecule has 1 N–H and O–H groups in total. The van der Waals surface area contributed by atoms with Crippen molar-refractivity contribution in [2.45, 2.75) is 57.9 Å². The number of ether oxygens (including phenoxy) is 1. The highest BCUT2D eigenvalue weighted by Gasteiger charge is 2.45. The lowest BCUT2D eigenvalue weighted by Gasteiger charge is -2.43. The molecule has 21 heavy (non-hydrogen) atoms. The summed E-state index contributed by atoms with van der Waals surface area (Å²) >= 11 is 0. The Kier molecular flexibility index (Phi) is 5.62. The maximum atomic E-state index is 13.2. The van der Waals surface area contributed by atoms with Crippen molar-refractivity contribution in [3.05, 3.63) is 0 Å². The fraction of sp³-hybridized carbons (Fsp3) is 0.875. The highest BCUT2D eigenvalue weighted by molar-refractivity contribution is 5.88. The number of carbonyl (C=O) groups excluding carboxylic acids is 2. The minimum Gasteiger partial charge on any atom is -0.467 e. The molecule has 0 spiro atoms. The molecule has 2 aliphatic heterocycles. The van der Waals surface area contributed by atoms with Crippen molar-refractivity contribution in [2.24, 2.45) is 5.41 Å². The second-order valence-corrected chi connectivity index (χ2v) is 6.34. The van der Waals surface area contributed by atoms with E-state index in [4.69, 9.17) is 4.74 Å². The summed E-state index contributed by atoms with van der Waals surface area (Å²) in [6.07, 6.45) is 6.54. The average Bonchev–Trinajstić information content (AvgIpc) is 2.54. The Hall–Kier alpha value is -1.10. The summed E-state index contributed by atoms with van der Waals surface area (Å²) in [5, 5.41) is 3.37. The maximum Gasteiger partial charge on any atom is 0.328 e. The molecule has 5 heteroatoms. The van der Waals surface area contributed by atoms with Crippen molar-refractivity contribution < 1.29 is 14.3 Å². The first-order chi connectivity index (χ1) is 10.1. The summed E-state index contributed by atoms with van der Waals surface area (Å²) in [7, 11) is 1.41. The van der Waals surface area contributed by atoms with E-state index in [2.05, 4.69) is 12.2 Å². The quantitative estimate of drug-likeness (QED) is 0.802. The van der Waals surface area contributed by atoms with Gasteiger partial charge in [-0.3, -0.25) is 4.79 Å². The maximum absolute atomic E-state index is 13.2. The predicted octanol–water partition coefficient (Wildman–Crippen LogP) is 1.71. The summed E-state index contributed by atoms with van der Waals surface area (Å²) in [5.41, 5.74) is -0.323. The summed E-state index contributed by atoms with van der Waals surface area (Å²) in [5.74, 6) is -0.106. The third-order valence-electron chi connectivity index (χ3n) is 4.89. The van der Waals surface area contributed by atoms with Crippen molar-refractivity contribution in [1.82, 2.24) is 10.2 Å². The van der Waals surface area contributed by atoms with Gasteiger partial charge in [0.15, 0.2) is 0 Å². The molecule has 1 amide bonds. The van der Waals surface area contributed by atoms with Crippen molar-refractivity contribution in [3.8, 4) is 0 Å². The first-order valence-electron chi connectivity index (χ1n) is 8.24. The molecule has 0 aromatic heterocycles. The van der Waals surface area contributed by atoms with Crippen LogP contribution in [0.4, 0.5) is 0 Å². The summed E-state index contributed by atoms with van der Waals surface area (Å²) < 4.78 is 4.90. The minimum atomic E-state index is -0.382. The Morgan fingerprint density at radius 1 is 1.33 bits per heavy atom. The number of piperidine rings is 2. The molecule has 0 aliphatic carbocycles. The van der Waals surface area contributed by atoms with Crippen molar-refractivity contribution in [3.63, 3.8) is 0 Å². The molecule has 0 aromatic rings. The van der Waals surface area contributed by atoms with Crippen LogP contribution in [0.15, 0.2) is 0 Å². The molecule has 5 nitrogen and oxygen atoms in total. The van der Waals surface area contributed by atoms with E-state index in [1.807, 2.05) is 0 Å². The van der Waals surface area contributed by atoms with E-state index in [-0.39, 0.29) is 23.3 Å². The monoisotopic (exact) mass is 296 g/mol. The van der Waals surface area contributed by atoms with Gasteiger partial charge in [0.25, 0.3) is 0 Å². The Labute approximate surface area is 127 Å². The number of methoxy groups -OCH3 is 1. The second-order valence-electron chi connectivity index (χ2n) is 6.34. The Morgan fingerprint density at radius 3 is 2.76 bits per heavy atom. The van der Waals surface area contributed by atoms with Gasteiger partial charge in [0, 0.05) is 13.1 Å². The molecule has 0 radical (unpaired) electrons. The molecule has 2 fully saturated rings. The Bertz CT molecular complexity index is 372. The number of rotatable bonds is 4. The van der Waals surface area contributed by atoms with Gasteiger partial charge in [-0.25, -0.2) is 4.79 Å². The van der Waals surface area contributed by atoms with Crippen LogP contribution in [-0.2, 0) is 14.3 Å². The van der Waals surface area contributed by atoms with E-state index in [1.54, 1.807) is 4.90 Å². The molecule has 2 rings (SSSR count). The fourth-order valence-corrected chi connectivity index (χ4v) is 3.81. The van der Waals surface area contributed by atoms with E-state index >= 15 is 0 Å². The molecule has 2 aliphatic rings. The Morgan fingerprint density at radius 2 is 2.14 bits per heavy atom. The number of nitrogens with zero attached hydrogens (tertiary/aromatic N) is 1. The Balaban J connectivity index is 2.19. The van der Waals surface area contributed by atoms with E-state index in [0.717, 1.165) is 58.0 Å². The zero-order valence-corrected chi connectivity index (χ0v) is 13.3. The molecule has 0 bridgehead atoms. The van der Waals surface area contributed by atoms with Crippen LogP contribution in [0.2, 0.25) is 0 Å². The van der Waals surface area contributed by atoms with Gasteiger partial charge in [0.2, 0.25) is 5.91 Å². The molecule has 120 valence electrons. The molecule has 2 atom stereocenters. The summed E-state index contributed by atoms with van der Waals surface area (Å²) in [4.78, 5) is 27.0. The van der Waals surface area contributed by atoms with Crippen LogP contribution >= 0.6 is 0 Å². The standard InChI is InChI=1S/C16H28N2O3/c1-3-8-16(9-6-10-17-12-16)15(20)18-11-5-4-7-13(18)14(19)21-2/h13,17H,3-12H2,1-2H3. The van der Waals surface area contributed by atoms with E-state index in [0.29, 0.717) is 6.54 Å². The molecule has 2 unspecified atom stereocenters. The van der Waals surface area contributed by atoms with Crippen molar-refractivity contribution >= 4 is 11.9 Å². The lowest BCUT2D eigenvalue weighted by Crippen LogP contribution is -2.57. The van der Waals surface area contributed by atoms with Gasteiger partial charge in [-0.15, -0.1) is 0 Å². The number of carbonyl (C=O) groups is 2. The average molecular weight is 296 g/mol. The summed E-state index contributed by atoms with van der Waals surface area (Å²) in [6.45, 7) is 4.53. The normalized spacial score (nSPS) is 30.0. The number of amides is 1. The van der Waals surface area contributed by atoms with Crippen LogP contribution in [0.25, 0.3) is 0 Å². The van der Waals surface area contributed by atoms with Crippen molar-refractivity contribution in [2.75, 3.05) is 26.7 Å². The number of nitrogens with one attached hydrogen (secondary N) is 1. The molecule has 0 saturated carbocycles. The minimum absolute atomic E-state index is 0.159. The zero-order valence-electron chi connectivity index (χ0n) is 13.3. The second kappa shape index (κ2) is 7.25. The van der Waals surface area contributed by atoms with Gasteiger partial charge in [-0.2, -0.15) is 0 Å². The van der Waals surface area contributed by atoms with Crippen LogP contribution < -0.4 is 5.32 Å². The van der Waals surface area contributed by atoms with Gasteiger partial charge in [0.05, 0.1) is 12.5 Å². The molecule has 0 aromatic carbocycles. The largest absolute Gasteiger partial charge is 0.467 e. The topological polar surface area (TPSA) is 58.6 Å². The van der Waals surface area contributed by atoms with Crippen LogP contribution in [0.1, 0.15) is 51.9 Å². The van der Waals surface area contributed by atoms with Gasteiger partial charge in [0.1, 0.15) is 6.04 Å². The number of likely N-dealkylation sites (tertiary alicyclic amines) is 1. The SMILES string of the molecule is CCCC1(C(=O)N2CCCCC2C(=O)OC)CCCNC1.